The van der Waals surface area contributed by atoms with Crippen molar-refractivity contribution in [3.63, 3.8) is 0 Å². The molecule has 0 aromatic heterocycles. The molecular formula is C13H6Br2ClFO3. The second-order valence-electron chi connectivity index (χ2n) is 3.74. The summed E-state index contributed by atoms with van der Waals surface area (Å²) in [5, 5.41) is 9.04. The first-order chi connectivity index (χ1) is 9.38. The van der Waals surface area contributed by atoms with E-state index in [-0.39, 0.29) is 22.1 Å². The van der Waals surface area contributed by atoms with Gasteiger partial charge in [0.1, 0.15) is 22.9 Å². The van der Waals surface area contributed by atoms with E-state index in [4.69, 9.17) is 21.4 Å². The number of carboxylic acid groups (broad SMARTS) is 1. The van der Waals surface area contributed by atoms with Gasteiger partial charge in [0.2, 0.25) is 0 Å². The van der Waals surface area contributed by atoms with Crippen LogP contribution in [0.5, 0.6) is 11.5 Å². The van der Waals surface area contributed by atoms with Crippen molar-refractivity contribution >= 4 is 49.4 Å². The molecule has 0 unspecified atom stereocenters. The van der Waals surface area contributed by atoms with Crippen molar-refractivity contribution in [2.24, 2.45) is 0 Å². The number of halogens is 4. The number of hydrogen-bond acceptors (Lipinski definition) is 2. The Labute approximate surface area is 135 Å². The van der Waals surface area contributed by atoms with Crippen LogP contribution in [0.4, 0.5) is 4.39 Å². The van der Waals surface area contributed by atoms with Gasteiger partial charge in [-0.15, -0.1) is 0 Å². The molecule has 0 atom stereocenters. The first-order valence-corrected chi connectivity index (χ1v) is 7.20. The molecule has 0 bridgehead atoms. The van der Waals surface area contributed by atoms with Crippen molar-refractivity contribution in [2.75, 3.05) is 0 Å². The standard InChI is InChI=1S/C13H6Br2ClFO3/c14-6-1-2-7(13(18)19)11(3-6)20-12-5-10(17)9(16)4-8(12)15/h1-5H,(H,18,19). The number of ether oxygens (including phenoxy) is 1. The van der Waals surface area contributed by atoms with Crippen LogP contribution >= 0.6 is 43.5 Å². The zero-order valence-electron chi connectivity index (χ0n) is 9.66. The van der Waals surface area contributed by atoms with E-state index >= 15 is 0 Å². The van der Waals surface area contributed by atoms with Gasteiger partial charge >= 0.3 is 5.97 Å². The SMILES string of the molecule is O=C(O)c1ccc(Br)cc1Oc1cc(F)c(Cl)cc1Br. The van der Waals surface area contributed by atoms with Crippen LogP contribution in [0.2, 0.25) is 5.02 Å². The van der Waals surface area contributed by atoms with Crippen LogP contribution in [0.25, 0.3) is 0 Å². The summed E-state index contributed by atoms with van der Waals surface area (Å²) in [6.45, 7) is 0. The largest absolute Gasteiger partial charge is 0.478 e. The Bertz CT molecular complexity index is 692. The Kier molecular flexibility index (Phi) is 4.67. The maximum atomic E-state index is 13.4. The molecule has 0 heterocycles. The third-order valence-corrected chi connectivity index (χ3v) is 3.77. The van der Waals surface area contributed by atoms with E-state index in [0.717, 1.165) is 6.07 Å². The molecule has 7 heteroatoms. The van der Waals surface area contributed by atoms with Gasteiger partial charge in [-0.25, -0.2) is 9.18 Å². The predicted octanol–water partition coefficient (Wildman–Crippen LogP) is 5.49. The lowest BCUT2D eigenvalue weighted by Crippen LogP contribution is -2.00. The fraction of sp³-hybridized carbons (Fsp3) is 0. The third kappa shape index (κ3) is 3.31. The molecule has 3 nitrogen and oxygen atoms in total. The normalized spacial score (nSPS) is 10.4. The molecule has 2 aromatic carbocycles. The average molecular weight is 424 g/mol. The number of carboxylic acids is 1. The predicted molar refractivity (Wildman–Crippen MR) is 80.3 cm³/mol. The van der Waals surface area contributed by atoms with Crippen LogP contribution < -0.4 is 4.74 Å². The molecule has 0 amide bonds. The van der Waals surface area contributed by atoms with Gasteiger partial charge in [0, 0.05) is 10.5 Å². The summed E-state index contributed by atoms with van der Waals surface area (Å²) in [5.41, 5.74) is -0.0320. The van der Waals surface area contributed by atoms with E-state index in [1.807, 2.05) is 0 Å². The minimum atomic E-state index is -1.14. The zero-order valence-corrected chi connectivity index (χ0v) is 13.6. The van der Waals surface area contributed by atoms with Crippen LogP contribution in [0.1, 0.15) is 10.4 Å². The Hall–Kier alpha value is -1.11. The lowest BCUT2D eigenvalue weighted by atomic mass is 10.2. The Morgan fingerprint density at radius 1 is 1.20 bits per heavy atom. The Balaban J connectivity index is 2.47. The van der Waals surface area contributed by atoms with Gasteiger partial charge < -0.3 is 9.84 Å². The molecule has 104 valence electrons. The van der Waals surface area contributed by atoms with Crippen molar-refractivity contribution < 1.29 is 19.0 Å². The first kappa shape index (κ1) is 15.3. The fourth-order valence-electron chi connectivity index (χ4n) is 1.46. The van der Waals surface area contributed by atoms with Crippen molar-refractivity contribution in [3.8, 4) is 11.5 Å². The van der Waals surface area contributed by atoms with Crippen LogP contribution in [0.3, 0.4) is 0 Å². The third-order valence-electron chi connectivity index (χ3n) is 2.37. The molecule has 2 aromatic rings. The van der Waals surface area contributed by atoms with E-state index < -0.39 is 11.8 Å². The molecular weight excluding hydrogens is 418 g/mol. The summed E-state index contributed by atoms with van der Waals surface area (Å²) in [6.07, 6.45) is 0. The number of benzene rings is 2. The van der Waals surface area contributed by atoms with Gasteiger partial charge in [-0.1, -0.05) is 27.5 Å². The molecule has 2 rings (SSSR count). The second-order valence-corrected chi connectivity index (χ2v) is 5.92. The zero-order chi connectivity index (χ0) is 14.9. The topological polar surface area (TPSA) is 46.5 Å². The minimum Gasteiger partial charge on any atom is -0.478 e. The fourth-order valence-corrected chi connectivity index (χ4v) is 2.52. The molecule has 1 N–H and O–H groups in total. The number of carbonyl (C=O) groups is 1. The van der Waals surface area contributed by atoms with Crippen molar-refractivity contribution in [2.45, 2.75) is 0 Å². The second kappa shape index (κ2) is 6.11. The molecule has 0 radical (unpaired) electrons. The summed E-state index contributed by atoms with van der Waals surface area (Å²) in [4.78, 5) is 11.1. The van der Waals surface area contributed by atoms with E-state index in [1.54, 1.807) is 6.07 Å². The van der Waals surface area contributed by atoms with Gasteiger partial charge in [-0.2, -0.15) is 0 Å². The van der Waals surface area contributed by atoms with Gasteiger partial charge in [-0.05, 0) is 40.2 Å². The summed E-state index contributed by atoms with van der Waals surface area (Å²) in [7, 11) is 0. The maximum absolute atomic E-state index is 13.4. The summed E-state index contributed by atoms with van der Waals surface area (Å²) in [5.74, 6) is -1.57. The molecule has 0 aliphatic rings. The highest BCUT2D eigenvalue weighted by molar-refractivity contribution is 9.10. The Morgan fingerprint density at radius 2 is 1.90 bits per heavy atom. The minimum absolute atomic E-state index is 0.0320. The molecule has 0 aliphatic carbocycles. The highest BCUT2D eigenvalue weighted by Crippen LogP contribution is 2.35. The monoisotopic (exact) mass is 422 g/mol. The summed E-state index contributed by atoms with van der Waals surface area (Å²) >= 11 is 12.0. The highest BCUT2D eigenvalue weighted by atomic mass is 79.9. The molecule has 20 heavy (non-hydrogen) atoms. The van der Waals surface area contributed by atoms with Crippen LogP contribution in [0, 0.1) is 5.82 Å². The van der Waals surface area contributed by atoms with Crippen LogP contribution in [-0.2, 0) is 0 Å². The van der Waals surface area contributed by atoms with Crippen LogP contribution in [-0.4, -0.2) is 11.1 Å². The molecule has 0 aliphatic heterocycles. The molecule has 0 spiro atoms. The number of hydrogen-bond donors (Lipinski definition) is 1. The van der Waals surface area contributed by atoms with Gasteiger partial charge in [0.15, 0.2) is 0 Å². The quantitative estimate of drug-likeness (QED) is 0.663. The smallest absolute Gasteiger partial charge is 0.339 e. The Morgan fingerprint density at radius 3 is 2.55 bits per heavy atom. The summed E-state index contributed by atoms with van der Waals surface area (Å²) in [6, 6.07) is 6.88. The van der Waals surface area contributed by atoms with E-state index in [9.17, 15) is 9.18 Å². The van der Waals surface area contributed by atoms with E-state index in [1.165, 1.54) is 18.2 Å². The lowest BCUT2D eigenvalue weighted by Gasteiger charge is -2.11. The average Bonchev–Trinajstić information content (AvgIpc) is 2.35. The maximum Gasteiger partial charge on any atom is 0.339 e. The van der Waals surface area contributed by atoms with Gasteiger partial charge in [-0.3, -0.25) is 0 Å². The van der Waals surface area contributed by atoms with Crippen molar-refractivity contribution in [3.05, 3.63) is 55.7 Å². The van der Waals surface area contributed by atoms with E-state index in [2.05, 4.69) is 31.9 Å². The van der Waals surface area contributed by atoms with Gasteiger partial charge in [0.25, 0.3) is 0 Å². The van der Waals surface area contributed by atoms with Crippen molar-refractivity contribution in [1.29, 1.82) is 0 Å². The van der Waals surface area contributed by atoms with Crippen LogP contribution in [0.15, 0.2) is 39.3 Å². The number of rotatable bonds is 3. The van der Waals surface area contributed by atoms with Crippen molar-refractivity contribution in [1.82, 2.24) is 0 Å². The summed E-state index contributed by atoms with van der Waals surface area (Å²) < 4.78 is 20.0. The first-order valence-electron chi connectivity index (χ1n) is 5.23. The molecule has 0 fully saturated rings. The lowest BCUT2D eigenvalue weighted by molar-refractivity contribution is 0.0694. The van der Waals surface area contributed by atoms with Gasteiger partial charge in [0.05, 0.1) is 9.50 Å². The highest BCUT2D eigenvalue weighted by Gasteiger charge is 2.15. The molecule has 0 saturated heterocycles. The number of aromatic carboxylic acids is 1. The molecule has 0 saturated carbocycles. The van der Waals surface area contributed by atoms with E-state index in [0.29, 0.717) is 8.95 Å².